The first-order valence-corrected chi connectivity index (χ1v) is 4.68. The van der Waals surface area contributed by atoms with E-state index in [0.29, 0.717) is 6.42 Å². The van der Waals surface area contributed by atoms with Crippen molar-refractivity contribution in [2.45, 2.75) is 25.9 Å². The monoisotopic (exact) mass is 210 g/mol. The largest absolute Gasteiger partial charge is 0.388 e. The predicted molar refractivity (Wildman–Crippen MR) is 54.0 cm³/mol. The molecule has 1 aromatic carbocycles. The highest BCUT2D eigenvalue weighted by atomic mass is 19.1. The van der Waals surface area contributed by atoms with Gasteiger partial charge >= 0.3 is 0 Å². The minimum atomic E-state index is -1.13. The summed E-state index contributed by atoms with van der Waals surface area (Å²) in [5.74, 6) is 3.96. The van der Waals surface area contributed by atoms with Crippen LogP contribution in [0.4, 0.5) is 8.78 Å². The Bertz CT molecular complexity index is 370. The molecule has 1 atom stereocenters. The molecule has 1 N–H and O–H groups in total. The molecule has 3 heteroatoms. The summed E-state index contributed by atoms with van der Waals surface area (Å²) < 4.78 is 26.3. The summed E-state index contributed by atoms with van der Waals surface area (Å²) in [6.07, 6.45) is -0.475. The van der Waals surface area contributed by atoms with Gasteiger partial charge in [-0.15, -0.1) is 11.8 Å². The van der Waals surface area contributed by atoms with E-state index in [1.807, 2.05) is 0 Å². The number of aliphatic hydroxyl groups is 1. The Morgan fingerprint density at radius 3 is 2.47 bits per heavy atom. The summed E-state index contributed by atoms with van der Waals surface area (Å²) in [5.41, 5.74) is -0.268. The molecule has 0 amide bonds. The second-order valence-corrected chi connectivity index (χ2v) is 3.12. The Morgan fingerprint density at radius 2 is 1.93 bits per heavy atom. The van der Waals surface area contributed by atoms with Gasteiger partial charge in [0, 0.05) is 6.42 Å². The third-order valence-electron chi connectivity index (χ3n) is 2.05. The second kappa shape index (κ2) is 5.47. The van der Waals surface area contributed by atoms with Gasteiger partial charge in [-0.25, -0.2) is 8.78 Å². The van der Waals surface area contributed by atoms with Crippen molar-refractivity contribution in [1.82, 2.24) is 0 Å². The highest BCUT2D eigenvalue weighted by Crippen LogP contribution is 2.23. The van der Waals surface area contributed by atoms with Gasteiger partial charge < -0.3 is 5.11 Å². The van der Waals surface area contributed by atoms with E-state index < -0.39 is 17.7 Å². The molecule has 0 heterocycles. The van der Waals surface area contributed by atoms with Crippen molar-refractivity contribution in [1.29, 1.82) is 0 Å². The van der Waals surface area contributed by atoms with Crippen LogP contribution in [0.25, 0.3) is 0 Å². The number of halogens is 2. The zero-order valence-corrected chi connectivity index (χ0v) is 8.43. The zero-order chi connectivity index (χ0) is 11.3. The lowest BCUT2D eigenvalue weighted by Gasteiger charge is -2.10. The van der Waals surface area contributed by atoms with Crippen molar-refractivity contribution in [2.24, 2.45) is 0 Å². The average Bonchev–Trinajstić information content (AvgIpc) is 2.18. The molecule has 1 nitrogen and oxygen atoms in total. The normalized spacial score (nSPS) is 11.7. The lowest BCUT2D eigenvalue weighted by Crippen LogP contribution is -2.03. The van der Waals surface area contributed by atoms with Gasteiger partial charge in [-0.3, -0.25) is 0 Å². The summed E-state index contributed by atoms with van der Waals surface area (Å²) in [5, 5.41) is 9.56. The van der Waals surface area contributed by atoms with Crippen LogP contribution in [-0.2, 0) is 0 Å². The molecule has 0 aliphatic rings. The molecule has 0 aliphatic carbocycles. The van der Waals surface area contributed by atoms with Crippen molar-refractivity contribution in [3.63, 3.8) is 0 Å². The lowest BCUT2D eigenvalue weighted by atomic mass is 10.0. The molecule has 0 saturated heterocycles. The predicted octanol–water partition coefficient (Wildman–Crippen LogP) is 2.80. The minimum Gasteiger partial charge on any atom is -0.388 e. The summed E-state index contributed by atoms with van der Waals surface area (Å²) in [6, 6.07) is 3.53. The number of aliphatic hydroxyl groups excluding tert-OH is 1. The summed E-state index contributed by atoms with van der Waals surface area (Å²) in [4.78, 5) is 0. The van der Waals surface area contributed by atoms with Crippen LogP contribution >= 0.6 is 0 Å². The molecule has 15 heavy (non-hydrogen) atoms. The van der Waals surface area contributed by atoms with Crippen molar-refractivity contribution >= 4 is 0 Å². The highest BCUT2D eigenvalue weighted by Gasteiger charge is 2.16. The third kappa shape index (κ3) is 3.03. The topological polar surface area (TPSA) is 20.2 Å². The molecule has 0 aromatic heterocycles. The molecule has 1 rings (SSSR count). The maximum absolute atomic E-state index is 13.2. The van der Waals surface area contributed by atoms with Crippen LogP contribution in [-0.4, -0.2) is 5.11 Å². The Balaban J connectivity index is 2.79. The van der Waals surface area contributed by atoms with Gasteiger partial charge in [0.15, 0.2) is 0 Å². The molecule has 0 spiro atoms. The van der Waals surface area contributed by atoms with E-state index in [1.54, 1.807) is 6.92 Å². The van der Waals surface area contributed by atoms with Crippen LogP contribution < -0.4 is 0 Å². The fraction of sp³-hybridized carbons (Fsp3) is 0.333. The fourth-order valence-corrected chi connectivity index (χ4v) is 1.31. The van der Waals surface area contributed by atoms with Gasteiger partial charge in [0.2, 0.25) is 0 Å². The SMILES string of the molecule is CC#CCCC(O)c1c(F)cccc1F. The Hall–Kier alpha value is -1.40. The van der Waals surface area contributed by atoms with Gasteiger partial charge in [-0.2, -0.15) is 0 Å². The van der Waals surface area contributed by atoms with Gasteiger partial charge in [-0.05, 0) is 25.5 Å². The zero-order valence-electron chi connectivity index (χ0n) is 8.43. The molecule has 0 aliphatic heterocycles. The number of hydrogen-bond donors (Lipinski definition) is 1. The molecule has 0 saturated carbocycles. The van der Waals surface area contributed by atoms with E-state index in [2.05, 4.69) is 11.8 Å². The Labute approximate surface area is 87.7 Å². The van der Waals surface area contributed by atoms with Gasteiger partial charge in [0.05, 0.1) is 11.7 Å². The first-order chi connectivity index (χ1) is 7.16. The Kier molecular flexibility index (Phi) is 4.26. The van der Waals surface area contributed by atoms with E-state index in [-0.39, 0.29) is 12.0 Å². The van der Waals surface area contributed by atoms with Crippen LogP contribution in [0.1, 0.15) is 31.4 Å². The van der Waals surface area contributed by atoms with E-state index in [1.165, 1.54) is 6.07 Å². The Morgan fingerprint density at radius 1 is 1.33 bits per heavy atom. The van der Waals surface area contributed by atoms with Crippen molar-refractivity contribution in [3.8, 4) is 11.8 Å². The molecule has 0 fully saturated rings. The van der Waals surface area contributed by atoms with Crippen LogP contribution in [0, 0.1) is 23.5 Å². The molecule has 0 radical (unpaired) electrons. The van der Waals surface area contributed by atoms with Gasteiger partial charge in [-0.1, -0.05) is 6.07 Å². The van der Waals surface area contributed by atoms with Crippen molar-refractivity contribution < 1.29 is 13.9 Å². The molecule has 0 bridgehead atoms. The molecule has 80 valence electrons. The van der Waals surface area contributed by atoms with Crippen LogP contribution in [0.5, 0.6) is 0 Å². The first kappa shape index (κ1) is 11.7. The third-order valence-corrected chi connectivity index (χ3v) is 2.05. The maximum atomic E-state index is 13.2. The molecule has 1 unspecified atom stereocenters. The summed E-state index contributed by atoms with van der Waals surface area (Å²) >= 11 is 0. The van der Waals surface area contributed by atoms with Gasteiger partial charge in [0.25, 0.3) is 0 Å². The number of hydrogen-bond acceptors (Lipinski definition) is 1. The van der Waals surface area contributed by atoms with Crippen LogP contribution in [0.15, 0.2) is 18.2 Å². The molecule has 1 aromatic rings. The van der Waals surface area contributed by atoms with E-state index in [4.69, 9.17) is 0 Å². The quantitative estimate of drug-likeness (QED) is 0.760. The first-order valence-electron chi connectivity index (χ1n) is 4.68. The van der Waals surface area contributed by atoms with Crippen molar-refractivity contribution in [3.05, 3.63) is 35.4 Å². The van der Waals surface area contributed by atoms with Crippen LogP contribution in [0.2, 0.25) is 0 Å². The summed E-state index contributed by atoms with van der Waals surface area (Å²) in [7, 11) is 0. The van der Waals surface area contributed by atoms with E-state index in [9.17, 15) is 13.9 Å². The number of rotatable bonds is 3. The minimum absolute atomic E-state index is 0.235. The van der Waals surface area contributed by atoms with Crippen LogP contribution in [0.3, 0.4) is 0 Å². The lowest BCUT2D eigenvalue weighted by molar-refractivity contribution is 0.159. The standard InChI is InChI=1S/C12H12F2O/c1-2-3-4-8-11(15)12-9(13)6-5-7-10(12)14/h5-7,11,15H,4,8H2,1H3. The summed E-state index contributed by atoms with van der Waals surface area (Å²) in [6.45, 7) is 1.68. The van der Waals surface area contributed by atoms with E-state index in [0.717, 1.165) is 12.1 Å². The van der Waals surface area contributed by atoms with E-state index >= 15 is 0 Å². The molecular weight excluding hydrogens is 198 g/mol. The smallest absolute Gasteiger partial charge is 0.131 e. The number of benzene rings is 1. The highest BCUT2D eigenvalue weighted by molar-refractivity contribution is 5.22. The fourth-order valence-electron chi connectivity index (χ4n) is 1.31. The molecular formula is C12H12F2O. The van der Waals surface area contributed by atoms with Crippen molar-refractivity contribution in [2.75, 3.05) is 0 Å². The van der Waals surface area contributed by atoms with Gasteiger partial charge in [0.1, 0.15) is 11.6 Å². The average molecular weight is 210 g/mol. The maximum Gasteiger partial charge on any atom is 0.131 e. The second-order valence-electron chi connectivity index (χ2n) is 3.12.